The van der Waals surface area contributed by atoms with Gasteiger partial charge < -0.3 is 10.5 Å². The first-order chi connectivity index (χ1) is 10.0. The van der Waals surface area contributed by atoms with Crippen LogP contribution in [0.5, 0.6) is 11.5 Å². The Morgan fingerprint density at radius 2 is 1.86 bits per heavy atom. The lowest BCUT2D eigenvalue weighted by Gasteiger charge is -2.13. The summed E-state index contributed by atoms with van der Waals surface area (Å²) in [5.74, 6) is 2.06. The molecule has 1 atom stereocenters. The summed E-state index contributed by atoms with van der Waals surface area (Å²) < 4.78 is 5.95. The molecule has 0 aromatic heterocycles. The van der Waals surface area contributed by atoms with Crippen molar-refractivity contribution < 1.29 is 4.74 Å². The van der Waals surface area contributed by atoms with Crippen LogP contribution in [-0.2, 0) is 0 Å². The second kappa shape index (κ2) is 6.72. The maximum absolute atomic E-state index is 5.95. The minimum absolute atomic E-state index is 0.348. The van der Waals surface area contributed by atoms with Crippen LogP contribution in [0, 0.1) is 6.92 Å². The molecule has 2 nitrogen and oxygen atoms in total. The summed E-state index contributed by atoms with van der Waals surface area (Å²) in [5.41, 5.74) is 8.95. The molecule has 0 saturated heterocycles. The fourth-order valence-corrected chi connectivity index (χ4v) is 2.31. The van der Waals surface area contributed by atoms with E-state index in [1.54, 1.807) is 0 Å². The number of aryl methyl sites for hydroxylation is 1. The first kappa shape index (κ1) is 15.5. The summed E-state index contributed by atoms with van der Waals surface area (Å²) in [6.45, 7) is 6.43. The van der Waals surface area contributed by atoms with Crippen LogP contribution in [0.25, 0.3) is 0 Å². The predicted molar refractivity (Wildman–Crippen MR) is 92.3 cm³/mol. The summed E-state index contributed by atoms with van der Waals surface area (Å²) >= 11 is 5.08. The number of hydrogen-bond acceptors (Lipinski definition) is 2. The van der Waals surface area contributed by atoms with Crippen molar-refractivity contribution in [1.82, 2.24) is 0 Å². The van der Waals surface area contributed by atoms with Gasteiger partial charge >= 0.3 is 0 Å². The minimum atomic E-state index is 0.348. The van der Waals surface area contributed by atoms with Gasteiger partial charge in [-0.3, -0.25) is 0 Å². The minimum Gasteiger partial charge on any atom is -0.457 e. The summed E-state index contributed by atoms with van der Waals surface area (Å²) in [4.78, 5) is 0.348. The van der Waals surface area contributed by atoms with Gasteiger partial charge in [0.2, 0.25) is 0 Å². The van der Waals surface area contributed by atoms with Crippen molar-refractivity contribution in [3.63, 3.8) is 0 Å². The summed E-state index contributed by atoms with van der Waals surface area (Å²) in [6, 6.07) is 14.0. The molecule has 0 aliphatic heterocycles. The Morgan fingerprint density at radius 1 is 1.19 bits per heavy atom. The van der Waals surface area contributed by atoms with Crippen molar-refractivity contribution in [1.29, 1.82) is 0 Å². The largest absolute Gasteiger partial charge is 0.457 e. The molecule has 0 amide bonds. The fraction of sp³-hybridized carbons (Fsp3) is 0.278. The first-order valence-corrected chi connectivity index (χ1v) is 7.60. The van der Waals surface area contributed by atoms with Crippen molar-refractivity contribution in [3.05, 3.63) is 59.2 Å². The van der Waals surface area contributed by atoms with Crippen LogP contribution in [0.15, 0.2) is 42.5 Å². The monoisotopic (exact) mass is 299 g/mol. The molecule has 2 aromatic rings. The van der Waals surface area contributed by atoms with Crippen LogP contribution in [-0.4, -0.2) is 4.99 Å². The van der Waals surface area contributed by atoms with Gasteiger partial charge in [-0.25, -0.2) is 0 Å². The third-order valence-corrected chi connectivity index (χ3v) is 3.91. The lowest BCUT2D eigenvalue weighted by molar-refractivity contribution is 0.481. The molecule has 0 aliphatic carbocycles. The highest BCUT2D eigenvalue weighted by Gasteiger charge is 2.09. The van der Waals surface area contributed by atoms with Gasteiger partial charge in [0.1, 0.15) is 16.5 Å². The average Bonchev–Trinajstić information content (AvgIpc) is 2.47. The van der Waals surface area contributed by atoms with E-state index < -0.39 is 0 Å². The summed E-state index contributed by atoms with van der Waals surface area (Å²) in [6.07, 6.45) is 1.13. The molecule has 0 heterocycles. The number of benzene rings is 2. The van der Waals surface area contributed by atoms with Gasteiger partial charge in [-0.15, -0.1) is 0 Å². The SMILES string of the molecule is CCC(C)c1ccc(Oc2cc(C)ccc2C(N)=S)cc1. The molecule has 2 rings (SSSR count). The lowest BCUT2D eigenvalue weighted by atomic mass is 9.99. The van der Waals surface area contributed by atoms with E-state index in [0.29, 0.717) is 16.7 Å². The zero-order valence-electron chi connectivity index (χ0n) is 12.7. The molecule has 2 aromatic carbocycles. The van der Waals surface area contributed by atoms with E-state index in [0.717, 1.165) is 23.3 Å². The van der Waals surface area contributed by atoms with Crippen molar-refractivity contribution in [3.8, 4) is 11.5 Å². The molecule has 0 bridgehead atoms. The maximum Gasteiger partial charge on any atom is 0.137 e. The number of ether oxygens (including phenoxy) is 1. The Labute approximate surface area is 131 Å². The van der Waals surface area contributed by atoms with Crippen molar-refractivity contribution >= 4 is 17.2 Å². The van der Waals surface area contributed by atoms with E-state index in [4.69, 9.17) is 22.7 Å². The van der Waals surface area contributed by atoms with Gasteiger partial charge in [0.25, 0.3) is 0 Å². The van der Waals surface area contributed by atoms with E-state index >= 15 is 0 Å². The Morgan fingerprint density at radius 3 is 2.43 bits per heavy atom. The van der Waals surface area contributed by atoms with Crippen LogP contribution in [0.1, 0.15) is 42.9 Å². The zero-order valence-corrected chi connectivity index (χ0v) is 13.5. The molecule has 0 fully saturated rings. The predicted octanol–water partition coefficient (Wildman–Crippen LogP) is 4.94. The third kappa shape index (κ3) is 3.82. The van der Waals surface area contributed by atoms with Crippen LogP contribution < -0.4 is 10.5 Å². The van der Waals surface area contributed by atoms with Crippen molar-refractivity contribution in [2.24, 2.45) is 5.73 Å². The summed E-state index contributed by atoms with van der Waals surface area (Å²) in [5, 5.41) is 0. The van der Waals surface area contributed by atoms with Gasteiger partial charge in [0, 0.05) is 0 Å². The smallest absolute Gasteiger partial charge is 0.137 e. The number of rotatable bonds is 5. The van der Waals surface area contributed by atoms with Crippen molar-refractivity contribution in [2.45, 2.75) is 33.1 Å². The van der Waals surface area contributed by atoms with E-state index in [9.17, 15) is 0 Å². The highest BCUT2D eigenvalue weighted by Crippen LogP contribution is 2.28. The van der Waals surface area contributed by atoms with Crippen LogP contribution in [0.2, 0.25) is 0 Å². The number of nitrogens with two attached hydrogens (primary N) is 1. The fourth-order valence-electron chi connectivity index (χ4n) is 2.14. The summed E-state index contributed by atoms with van der Waals surface area (Å²) in [7, 11) is 0. The molecular formula is C18H21NOS. The van der Waals surface area contributed by atoms with Crippen LogP contribution in [0.4, 0.5) is 0 Å². The quantitative estimate of drug-likeness (QED) is 0.795. The average molecular weight is 299 g/mol. The Bertz CT molecular complexity index is 634. The normalized spacial score (nSPS) is 12.0. The standard InChI is InChI=1S/C18H21NOS/c1-4-13(3)14-6-8-15(9-7-14)20-17-11-12(2)5-10-16(17)18(19)21/h5-11,13H,4H2,1-3H3,(H2,19,21). The molecule has 1 unspecified atom stereocenters. The second-order valence-electron chi connectivity index (χ2n) is 5.34. The topological polar surface area (TPSA) is 35.2 Å². The van der Waals surface area contributed by atoms with Gasteiger partial charge in [-0.05, 0) is 54.7 Å². The maximum atomic E-state index is 5.95. The van der Waals surface area contributed by atoms with Gasteiger partial charge in [0.05, 0.1) is 5.56 Å². The molecule has 2 N–H and O–H groups in total. The van der Waals surface area contributed by atoms with Crippen LogP contribution >= 0.6 is 12.2 Å². The Hall–Kier alpha value is -1.87. The van der Waals surface area contributed by atoms with Crippen molar-refractivity contribution in [2.75, 3.05) is 0 Å². The number of thiocarbonyl (C=S) groups is 1. The van der Waals surface area contributed by atoms with Gasteiger partial charge in [0.15, 0.2) is 0 Å². The Kier molecular flexibility index (Phi) is 4.97. The highest BCUT2D eigenvalue weighted by atomic mass is 32.1. The lowest BCUT2D eigenvalue weighted by Crippen LogP contribution is -2.10. The van der Waals surface area contributed by atoms with Crippen LogP contribution in [0.3, 0.4) is 0 Å². The Balaban J connectivity index is 2.26. The number of hydrogen-bond donors (Lipinski definition) is 1. The molecule has 0 radical (unpaired) electrons. The molecule has 3 heteroatoms. The third-order valence-electron chi connectivity index (χ3n) is 3.69. The molecule has 0 spiro atoms. The molecule has 110 valence electrons. The van der Waals surface area contributed by atoms with E-state index in [1.165, 1.54) is 5.56 Å². The molecule has 0 saturated carbocycles. The second-order valence-corrected chi connectivity index (χ2v) is 5.78. The van der Waals surface area contributed by atoms with Gasteiger partial charge in [-0.2, -0.15) is 0 Å². The molecule has 21 heavy (non-hydrogen) atoms. The van der Waals surface area contributed by atoms with E-state index in [1.807, 2.05) is 37.3 Å². The molecular weight excluding hydrogens is 278 g/mol. The van der Waals surface area contributed by atoms with E-state index in [-0.39, 0.29) is 0 Å². The molecule has 0 aliphatic rings. The van der Waals surface area contributed by atoms with Gasteiger partial charge in [-0.1, -0.05) is 44.3 Å². The highest BCUT2D eigenvalue weighted by molar-refractivity contribution is 7.80. The first-order valence-electron chi connectivity index (χ1n) is 7.19. The van der Waals surface area contributed by atoms with E-state index in [2.05, 4.69) is 26.0 Å². The zero-order chi connectivity index (χ0) is 15.4.